The molecule has 0 saturated carbocycles. The molecule has 1 atom stereocenters. The number of aromatic nitrogens is 1. The van der Waals surface area contributed by atoms with Crippen LogP contribution in [-0.2, 0) is 16.6 Å². The molecule has 1 saturated heterocycles. The van der Waals surface area contributed by atoms with E-state index < -0.39 is 17.7 Å². The molecule has 126 valence electrons. The van der Waals surface area contributed by atoms with E-state index in [0.717, 1.165) is 6.42 Å². The Morgan fingerprint density at radius 1 is 1.35 bits per heavy atom. The van der Waals surface area contributed by atoms with E-state index in [1.165, 1.54) is 15.5 Å². The van der Waals surface area contributed by atoms with Gasteiger partial charge in [-0.2, -0.15) is 0 Å². The molecular weight excluding hydrogens is 298 g/mol. The molecule has 0 aliphatic carbocycles. The predicted octanol–water partition coefficient (Wildman–Crippen LogP) is 1.72. The SMILES string of the molecule is Cn1ccc(NC(=O)[C@@H]2CCCN2C(=O)OC(C)(C)C)cc1=O. The number of carbonyl (C=O) groups excluding carboxylic acids is 2. The normalized spacial score (nSPS) is 17.9. The molecule has 0 spiro atoms. The lowest BCUT2D eigenvalue weighted by molar-refractivity contribution is -0.120. The van der Waals surface area contributed by atoms with Crippen LogP contribution in [-0.4, -0.2) is 39.7 Å². The Labute approximate surface area is 135 Å². The minimum absolute atomic E-state index is 0.210. The van der Waals surface area contributed by atoms with Crippen LogP contribution < -0.4 is 10.9 Å². The smallest absolute Gasteiger partial charge is 0.410 e. The molecule has 1 aliphatic rings. The first kappa shape index (κ1) is 17.1. The van der Waals surface area contributed by atoms with Crippen molar-refractivity contribution in [1.82, 2.24) is 9.47 Å². The number of nitrogens with one attached hydrogen (secondary N) is 1. The quantitative estimate of drug-likeness (QED) is 0.899. The number of ether oxygens (including phenoxy) is 1. The molecule has 2 rings (SSSR count). The summed E-state index contributed by atoms with van der Waals surface area (Å²) in [6.07, 6.45) is 2.42. The Hall–Kier alpha value is -2.31. The number of hydrogen-bond donors (Lipinski definition) is 1. The van der Waals surface area contributed by atoms with Crippen molar-refractivity contribution >= 4 is 17.7 Å². The third-order valence-corrected chi connectivity index (χ3v) is 3.56. The van der Waals surface area contributed by atoms with Crippen molar-refractivity contribution in [3.63, 3.8) is 0 Å². The number of aryl methyl sites for hydroxylation is 1. The lowest BCUT2D eigenvalue weighted by atomic mass is 10.2. The minimum Gasteiger partial charge on any atom is -0.444 e. The van der Waals surface area contributed by atoms with Crippen molar-refractivity contribution in [2.45, 2.75) is 45.3 Å². The summed E-state index contributed by atoms with van der Waals surface area (Å²) in [7, 11) is 1.63. The fourth-order valence-electron chi connectivity index (χ4n) is 2.43. The van der Waals surface area contributed by atoms with Gasteiger partial charge in [0.1, 0.15) is 11.6 Å². The molecule has 1 fully saturated rings. The van der Waals surface area contributed by atoms with Gasteiger partial charge in [-0.3, -0.25) is 14.5 Å². The number of rotatable bonds is 2. The highest BCUT2D eigenvalue weighted by Gasteiger charge is 2.36. The van der Waals surface area contributed by atoms with Gasteiger partial charge in [-0.15, -0.1) is 0 Å². The van der Waals surface area contributed by atoms with E-state index in [1.807, 2.05) is 0 Å². The number of anilines is 1. The first-order valence-electron chi connectivity index (χ1n) is 7.64. The summed E-state index contributed by atoms with van der Waals surface area (Å²) in [5, 5.41) is 2.70. The lowest BCUT2D eigenvalue weighted by Crippen LogP contribution is -2.45. The van der Waals surface area contributed by atoms with E-state index in [2.05, 4.69) is 5.32 Å². The van der Waals surface area contributed by atoms with Gasteiger partial charge < -0.3 is 14.6 Å². The molecule has 0 bridgehead atoms. The molecule has 1 aromatic rings. The van der Waals surface area contributed by atoms with Crippen LogP contribution in [0.3, 0.4) is 0 Å². The average Bonchev–Trinajstić information content (AvgIpc) is 2.90. The molecule has 0 radical (unpaired) electrons. The lowest BCUT2D eigenvalue weighted by Gasteiger charge is -2.28. The molecule has 1 aliphatic heterocycles. The third kappa shape index (κ3) is 4.34. The maximum atomic E-state index is 12.4. The first-order chi connectivity index (χ1) is 10.7. The Bertz CT molecular complexity index is 660. The van der Waals surface area contributed by atoms with Gasteiger partial charge in [-0.1, -0.05) is 0 Å². The van der Waals surface area contributed by atoms with Gasteiger partial charge in [0.05, 0.1) is 0 Å². The van der Waals surface area contributed by atoms with Crippen LogP contribution in [0.25, 0.3) is 0 Å². The number of hydrogen-bond acceptors (Lipinski definition) is 4. The summed E-state index contributed by atoms with van der Waals surface area (Å²) < 4.78 is 6.76. The van der Waals surface area contributed by atoms with Crippen molar-refractivity contribution in [2.24, 2.45) is 7.05 Å². The Morgan fingerprint density at radius 2 is 2.04 bits per heavy atom. The molecule has 2 heterocycles. The monoisotopic (exact) mass is 321 g/mol. The molecular formula is C16H23N3O4. The molecule has 0 unspecified atom stereocenters. The second-order valence-electron chi connectivity index (χ2n) is 6.69. The molecule has 23 heavy (non-hydrogen) atoms. The Kier molecular flexibility index (Phi) is 4.77. The van der Waals surface area contributed by atoms with Crippen LogP contribution in [0.15, 0.2) is 23.1 Å². The van der Waals surface area contributed by atoms with Gasteiger partial charge in [-0.05, 0) is 39.7 Å². The second-order valence-corrected chi connectivity index (χ2v) is 6.69. The van der Waals surface area contributed by atoms with Crippen LogP contribution in [0, 0.1) is 0 Å². The van der Waals surface area contributed by atoms with Crippen LogP contribution in [0.4, 0.5) is 10.5 Å². The second kappa shape index (κ2) is 6.44. The number of carbonyl (C=O) groups is 2. The third-order valence-electron chi connectivity index (χ3n) is 3.56. The summed E-state index contributed by atoms with van der Waals surface area (Å²) in [5.41, 5.74) is -0.390. The number of pyridine rings is 1. The highest BCUT2D eigenvalue weighted by Crippen LogP contribution is 2.22. The van der Waals surface area contributed by atoms with E-state index in [1.54, 1.807) is 40.1 Å². The molecule has 7 heteroatoms. The fourth-order valence-corrected chi connectivity index (χ4v) is 2.43. The van der Waals surface area contributed by atoms with Crippen molar-refractivity contribution in [1.29, 1.82) is 0 Å². The molecule has 2 amide bonds. The van der Waals surface area contributed by atoms with E-state index in [9.17, 15) is 14.4 Å². The summed E-state index contributed by atoms with van der Waals surface area (Å²) in [4.78, 5) is 37.7. The van der Waals surface area contributed by atoms with Gasteiger partial charge in [0.15, 0.2) is 0 Å². The highest BCUT2D eigenvalue weighted by atomic mass is 16.6. The maximum absolute atomic E-state index is 12.4. The topological polar surface area (TPSA) is 80.6 Å². The minimum atomic E-state index is -0.605. The van der Waals surface area contributed by atoms with Crippen molar-refractivity contribution in [3.8, 4) is 0 Å². The highest BCUT2D eigenvalue weighted by molar-refractivity contribution is 5.96. The van der Waals surface area contributed by atoms with E-state index >= 15 is 0 Å². The zero-order chi connectivity index (χ0) is 17.2. The van der Waals surface area contributed by atoms with Crippen LogP contribution in [0.5, 0.6) is 0 Å². The molecule has 1 aromatic heterocycles. The zero-order valence-electron chi connectivity index (χ0n) is 14.0. The van der Waals surface area contributed by atoms with Crippen LogP contribution in [0.1, 0.15) is 33.6 Å². The predicted molar refractivity (Wildman–Crippen MR) is 86.3 cm³/mol. The Morgan fingerprint density at radius 3 is 2.65 bits per heavy atom. The largest absolute Gasteiger partial charge is 0.444 e. The van der Waals surface area contributed by atoms with Crippen molar-refractivity contribution in [2.75, 3.05) is 11.9 Å². The van der Waals surface area contributed by atoms with E-state index in [-0.39, 0.29) is 11.5 Å². The number of amides is 2. The Balaban J connectivity index is 2.07. The van der Waals surface area contributed by atoms with E-state index in [4.69, 9.17) is 4.74 Å². The average molecular weight is 321 g/mol. The van der Waals surface area contributed by atoms with Gasteiger partial charge in [0, 0.05) is 31.5 Å². The van der Waals surface area contributed by atoms with Gasteiger partial charge in [-0.25, -0.2) is 4.79 Å². The standard InChI is InChI=1S/C16H23N3O4/c1-16(2,3)23-15(22)19-8-5-6-12(19)14(21)17-11-7-9-18(4)13(20)10-11/h7,9-10,12H,5-6,8H2,1-4H3,(H,17,21)/t12-/m0/s1. The summed E-state index contributed by atoms with van der Waals surface area (Å²) in [6, 6.07) is 2.42. The van der Waals surface area contributed by atoms with Gasteiger partial charge >= 0.3 is 6.09 Å². The molecule has 1 N–H and O–H groups in total. The summed E-state index contributed by atoms with van der Waals surface area (Å²) in [5.74, 6) is -0.304. The summed E-state index contributed by atoms with van der Waals surface area (Å²) >= 11 is 0. The van der Waals surface area contributed by atoms with Crippen LogP contribution >= 0.6 is 0 Å². The molecule has 0 aromatic carbocycles. The number of nitrogens with zero attached hydrogens (tertiary/aromatic N) is 2. The van der Waals surface area contributed by atoms with Crippen LogP contribution in [0.2, 0.25) is 0 Å². The van der Waals surface area contributed by atoms with Crippen molar-refractivity contribution < 1.29 is 14.3 Å². The van der Waals surface area contributed by atoms with Gasteiger partial charge in [0.25, 0.3) is 5.56 Å². The fraction of sp³-hybridized carbons (Fsp3) is 0.562. The maximum Gasteiger partial charge on any atom is 0.410 e. The van der Waals surface area contributed by atoms with Crippen molar-refractivity contribution in [3.05, 3.63) is 28.7 Å². The number of likely N-dealkylation sites (tertiary alicyclic amines) is 1. The summed E-state index contributed by atoms with van der Waals surface area (Å²) in [6.45, 7) is 5.85. The molecule has 7 nitrogen and oxygen atoms in total. The first-order valence-corrected chi connectivity index (χ1v) is 7.64. The zero-order valence-corrected chi connectivity index (χ0v) is 14.0. The van der Waals surface area contributed by atoms with E-state index in [0.29, 0.717) is 18.7 Å². The van der Waals surface area contributed by atoms with Gasteiger partial charge in [0.2, 0.25) is 5.91 Å².